The van der Waals surface area contributed by atoms with Crippen LogP contribution in [0, 0.1) is 5.82 Å². The summed E-state index contributed by atoms with van der Waals surface area (Å²) in [7, 11) is 0. The molecular formula is C13H17FN2O. The van der Waals surface area contributed by atoms with Gasteiger partial charge < -0.3 is 10.6 Å². The third-order valence-electron chi connectivity index (χ3n) is 3.36. The second kappa shape index (κ2) is 5.27. The molecule has 4 heteroatoms. The molecule has 1 amide bonds. The largest absolute Gasteiger partial charge is 0.342 e. The Labute approximate surface area is 100 Å². The van der Waals surface area contributed by atoms with Crippen molar-refractivity contribution < 1.29 is 9.18 Å². The molecule has 3 nitrogen and oxygen atoms in total. The van der Waals surface area contributed by atoms with Gasteiger partial charge in [-0.25, -0.2) is 4.39 Å². The number of carbonyl (C=O) groups is 1. The number of nitrogens with zero attached hydrogens (tertiary/aromatic N) is 1. The summed E-state index contributed by atoms with van der Waals surface area (Å²) in [6.07, 6.45) is 1.86. The second-order valence-corrected chi connectivity index (χ2v) is 4.41. The van der Waals surface area contributed by atoms with Crippen LogP contribution in [0.1, 0.15) is 24.3 Å². The number of carbonyl (C=O) groups excluding carboxylic acids is 1. The standard InChI is InChI=1S/C13H17FN2O/c14-12-3-1-10(2-4-12)11-5-7-16(8-6-11)13(17)9-15/h1-4,11H,5-9,15H2. The molecule has 0 unspecified atom stereocenters. The molecule has 92 valence electrons. The Morgan fingerprint density at radius 1 is 1.29 bits per heavy atom. The Morgan fingerprint density at radius 2 is 1.88 bits per heavy atom. The minimum Gasteiger partial charge on any atom is -0.342 e. The molecule has 0 atom stereocenters. The van der Waals surface area contributed by atoms with Crippen molar-refractivity contribution in [3.05, 3.63) is 35.6 Å². The van der Waals surface area contributed by atoms with Gasteiger partial charge in [0.05, 0.1) is 6.54 Å². The summed E-state index contributed by atoms with van der Waals surface area (Å²) >= 11 is 0. The van der Waals surface area contributed by atoms with E-state index in [2.05, 4.69) is 0 Å². The Morgan fingerprint density at radius 3 is 2.41 bits per heavy atom. The number of benzene rings is 1. The van der Waals surface area contributed by atoms with Crippen molar-refractivity contribution in [2.45, 2.75) is 18.8 Å². The zero-order valence-corrected chi connectivity index (χ0v) is 9.73. The van der Waals surface area contributed by atoms with E-state index in [9.17, 15) is 9.18 Å². The van der Waals surface area contributed by atoms with Gasteiger partial charge in [-0.05, 0) is 36.5 Å². The molecular weight excluding hydrogens is 219 g/mol. The molecule has 1 saturated heterocycles. The van der Waals surface area contributed by atoms with Crippen molar-refractivity contribution in [3.8, 4) is 0 Å². The van der Waals surface area contributed by atoms with E-state index in [0.717, 1.165) is 31.5 Å². The lowest BCUT2D eigenvalue weighted by Crippen LogP contribution is -2.41. The zero-order chi connectivity index (χ0) is 12.3. The van der Waals surface area contributed by atoms with Crippen LogP contribution in [0.2, 0.25) is 0 Å². The lowest BCUT2D eigenvalue weighted by Gasteiger charge is -2.32. The first kappa shape index (κ1) is 12.0. The van der Waals surface area contributed by atoms with Gasteiger partial charge in [0.15, 0.2) is 0 Å². The minimum atomic E-state index is -0.204. The summed E-state index contributed by atoms with van der Waals surface area (Å²) in [6.45, 7) is 1.58. The highest BCUT2D eigenvalue weighted by molar-refractivity contribution is 5.78. The Balaban J connectivity index is 1.95. The van der Waals surface area contributed by atoms with Crippen LogP contribution >= 0.6 is 0 Å². The van der Waals surface area contributed by atoms with E-state index in [-0.39, 0.29) is 18.3 Å². The summed E-state index contributed by atoms with van der Waals surface area (Å²) in [4.78, 5) is 13.2. The average molecular weight is 236 g/mol. The highest BCUT2D eigenvalue weighted by Crippen LogP contribution is 2.27. The van der Waals surface area contributed by atoms with Crippen molar-refractivity contribution in [1.29, 1.82) is 0 Å². The van der Waals surface area contributed by atoms with Gasteiger partial charge in [0.2, 0.25) is 5.91 Å². The Hall–Kier alpha value is -1.42. The summed E-state index contributed by atoms with van der Waals surface area (Å²) in [5.41, 5.74) is 6.49. The monoisotopic (exact) mass is 236 g/mol. The van der Waals surface area contributed by atoms with Gasteiger partial charge >= 0.3 is 0 Å². The number of amides is 1. The third kappa shape index (κ3) is 2.82. The first-order valence-electron chi connectivity index (χ1n) is 5.94. The summed E-state index contributed by atoms with van der Waals surface area (Å²) in [6, 6.07) is 6.65. The predicted molar refractivity (Wildman–Crippen MR) is 64.0 cm³/mol. The average Bonchev–Trinajstić information content (AvgIpc) is 2.39. The predicted octanol–water partition coefficient (Wildman–Crippen LogP) is 1.49. The minimum absolute atomic E-state index is 0.0163. The molecule has 0 radical (unpaired) electrons. The van der Waals surface area contributed by atoms with Crippen LogP contribution in [-0.4, -0.2) is 30.4 Å². The maximum absolute atomic E-state index is 12.8. The third-order valence-corrected chi connectivity index (χ3v) is 3.36. The summed E-state index contributed by atoms with van der Waals surface area (Å²) in [5, 5.41) is 0. The molecule has 0 aliphatic carbocycles. The number of nitrogens with two attached hydrogens (primary N) is 1. The van der Waals surface area contributed by atoms with Crippen molar-refractivity contribution in [1.82, 2.24) is 4.90 Å². The van der Waals surface area contributed by atoms with Gasteiger partial charge in [0.1, 0.15) is 5.82 Å². The van der Waals surface area contributed by atoms with Gasteiger partial charge in [-0.3, -0.25) is 4.79 Å². The van der Waals surface area contributed by atoms with Crippen LogP contribution in [0.5, 0.6) is 0 Å². The Bertz CT molecular complexity index is 383. The van der Waals surface area contributed by atoms with Gasteiger partial charge in [-0.2, -0.15) is 0 Å². The topological polar surface area (TPSA) is 46.3 Å². The first-order chi connectivity index (χ1) is 8.20. The van der Waals surface area contributed by atoms with Crippen LogP contribution in [0.4, 0.5) is 4.39 Å². The molecule has 0 spiro atoms. The van der Waals surface area contributed by atoms with Crippen molar-refractivity contribution >= 4 is 5.91 Å². The van der Waals surface area contributed by atoms with Crippen molar-refractivity contribution in [2.24, 2.45) is 5.73 Å². The van der Waals surface area contributed by atoms with E-state index < -0.39 is 0 Å². The maximum Gasteiger partial charge on any atom is 0.236 e. The van der Waals surface area contributed by atoms with E-state index in [1.165, 1.54) is 12.1 Å². The highest BCUT2D eigenvalue weighted by atomic mass is 19.1. The molecule has 0 bridgehead atoms. The summed E-state index contributed by atoms with van der Waals surface area (Å²) < 4.78 is 12.8. The second-order valence-electron chi connectivity index (χ2n) is 4.41. The van der Waals surface area contributed by atoms with Crippen LogP contribution in [0.15, 0.2) is 24.3 Å². The van der Waals surface area contributed by atoms with Gasteiger partial charge in [-0.1, -0.05) is 12.1 Å². The number of likely N-dealkylation sites (tertiary alicyclic amines) is 1. The fraction of sp³-hybridized carbons (Fsp3) is 0.462. The molecule has 1 aliphatic rings. The Kier molecular flexibility index (Phi) is 3.74. The number of piperidine rings is 1. The molecule has 1 fully saturated rings. The number of halogens is 1. The van der Waals surface area contributed by atoms with Gasteiger partial charge in [0.25, 0.3) is 0 Å². The van der Waals surface area contributed by atoms with E-state index in [1.807, 2.05) is 12.1 Å². The summed E-state index contributed by atoms with van der Waals surface area (Å²) in [5.74, 6) is 0.240. The lowest BCUT2D eigenvalue weighted by atomic mass is 9.89. The molecule has 1 aliphatic heterocycles. The molecule has 0 saturated carbocycles. The molecule has 1 aromatic rings. The zero-order valence-electron chi connectivity index (χ0n) is 9.73. The fourth-order valence-electron chi connectivity index (χ4n) is 2.33. The van der Waals surface area contributed by atoms with E-state index >= 15 is 0 Å². The van der Waals surface area contributed by atoms with Crippen molar-refractivity contribution in [3.63, 3.8) is 0 Å². The van der Waals surface area contributed by atoms with E-state index in [0.29, 0.717) is 5.92 Å². The number of hydrogen-bond acceptors (Lipinski definition) is 2. The van der Waals surface area contributed by atoms with Crippen LogP contribution < -0.4 is 5.73 Å². The molecule has 1 heterocycles. The van der Waals surface area contributed by atoms with Gasteiger partial charge in [0, 0.05) is 13.1 Å². The SMILES string of the molecule is NCC(=O)N1CCC(c2ccc(F)cc2)CC1. The lowest BCUT2D eigenvalue weighted by molar-refractivity contribution is -0.130. The molecule has 0 aromatic heterocycles. The first-order valence-corrected chi connectivity index (χ1v) is 5.94. The molecule has 1 aromatic carbocycles. The molecule has 2 N–H and O–H groups in total. The normalized spacial score (nSPS) is 17.2. The number of hydrogen-bond donors (Lipinski definition) is 1. The smallest absolute Gasteiger partial charge is 0.236 e. The van der Waals surface area contributed by atoms with Gasteiger partial charge in [-0.15, -0.1) is 0 Å². The quantitative estimate of drug-likeness (QED) is 0.845. The molecule has 17 heavy (non-hydrogen) atoms. The van der Waals surface area contributed by atoms with Crippen LogP contribution in [0.25, 0.3) is 0 Å². The van der Waals surface area contributed by atoms with E-state index in [4.69, 9.17) is 5.73 Å². The maximum atomic E-state index is 12.8. The van der Waals surface area contributed by atoms with Crippen molar-refractivity contribution in [2.75, 3.05) is 19.6 Å². The van der Waals surface area contributed by atoms with Crippen LogP contribution in [0.3, 0.4) is 0 Å². The van der Waals surface area contributed by atoms with E-state index in [1.54, 1.807) is 4.90 Å². The van der Waals surface area contributed by atoms with Crippen LogP contribution in [-0.2, 0) is 4.79 Å². The molecule has 2 rings (SSSR count). The fourth-order valence-corrected chi connectivity index (χ4v) is 2.33. The number of rotatable bonds is 2. The highest BCUT2D eigenvalue weighted by Gasteiger charge is 2.22.